The quantitative estimate of drug-likeness (QED) is 0.846. The lowest BCUT2D eigenvalue weighted by molar-refractivity contribution is 0.0865. The van der Waals surface area contributed by atoms with E-state index in [1.807, 2.05) is 6.07 Å². The van der Waals surface area contributed by atoms with Crippen molar-refractivity contribution in [2.24, 2.45) is 0 Å². The summed E-state index contributed by atoms with van der Waals surface area (Å²) in [6.45, 7) is 1.60. The van der Waals surface area contributed by atoms with E-state index >= 15 is 0 Å². The molecule has 1 unspecified atom stereocenters. The van der Waals surface area contributed by atoms with Crippen LogP contribution in [0.15, 0.2) is 48.5 Å². The van der Waals surface area contributed by atoms with Gasteiger partial charge in [-0.05, 0) is 43.3 Å². The van der Waals surface area contributed by atoms with Crippen molar-refractivity contribution >= 4 is 11.7 Å². The van der Waals surface area contributed by atoms with Gasteiger partial charge in [-0.2, -0.15) is 5.26 Å². The van der Waals surface area contributed by atoms with Crippen LogP contribution in [0.5, 0.6) is 5.75 Å². The summed E-state index contributed by atoms with van der Waals surface area (Å²) in [5, 5.41) is 20.5. The van der Waals surface area contributed by atoms with Crippen LogP contribution < -0.4 is 5.32 Å². The Morgan fingerprint density at radius 1 is 1.05 bits per heavy atom. The van der Waals surface area contributed by atoms with Crippen LogP contribution in [0, 0.1) is 11.3 Å². The molecule has 22 heavy (non-hydrogen) atoms. The Morgan fingerprint density at radius 3 is 2.14 bits per heavy atom. The highest BCUT2D eigenvalue weighted by atomic mass is 16.3. The molecule has 5 heteroatoms. The van der Waals surface area contributed by atoms with Crippen LogP contribution in [-0.2, 0) is 0 Å². The van der Waals surface area contributed by atoms with E-state index in [0.29, 0.717) is 16.7 Å². The number of aromatic hydroxyl groups is 1. The third-order valence-electron chi connectivity index (χ3n) is 3.17. The fourth-order valence-electron chi connectivity index (χ4n) is 1.92. The van der Waals surface area contributed by atoms with Gasteiger partial charge in [0.2, 0.25) is 0 Å². The Bertz CT molecular complexity index is 728. The minimum absolute atomic E-state index is 0.0678. The largest absolute Gasteiger partial charge is 0.508 e. The minimum Gasteiger partial charge on any atom is -0.508 e. The average Bonchev–Trinajstić information content (AvgIpc) is 2.54. The molecule has 0 fully saturated rings. The number of nitrogens with one attached hydrogen (secondary N) is 1. The molecule has 2 rings (SSSR count). The Balaban J connectivity index is 2.05. The molecular weight excluding hydrogens is 280 g/mol. The minimum atomic E-state index is -0.700. The predicted octanol–water partition coefficient (Wildman–Crippen LogP) is 2.27. The van der Waals surface area contributed by atoms with Crippen LogP contribution in [0.4, 0.5) is 0 Å². The molecule has 110 valence electrons. The predicted molar refractivity (Wildman–Crippen MR) is 80.5 cm³/mol. The van der Waals surface area contributed by atoms with Crippen molar-refractivity contribution in [1.29, 1.82) is 5.26 Å². The first-order valence-corrected chi connectivity index (χ1v) is 6.65. The lowest BCUT2D eigenvalue weighted by atomic mass is 10.0. The molecule has 2 aromatic rings. The van der Waals surface area contributed by atoms with Gasteiger partial charge in [0, 0.05) is 11.1 Å². The highest BCUT2D eigenvalue weighted by Crippen LogP contribution is 2.11. The number of nitriles is 1. The number of hydrogen-bond acceptors (Lipinski definition) is 4. The molecule has 0 heterocycles. The van der Waals surface area contributed by atoms with Crippen LogP contribution in [-0.4, -0.2) is 22.8 Å². The first-order chi connectivity index (χ1) is 10.5. The summed E-state index contributed by atoms with van der Waals surface area (Å²) >= 11 is 0. The van der Waals surface area contributed by atoms with Crippen molar-refractivity contribution in [3.63, 3.8) is 0 Å². The van der Waals surface area contributed by atoms with Crippen molar-refractivity contribution < 1.29 is 14.7 Å². The van der Waals surface area contributed by atoms with E-state index in [1.54, 1.807) is 31.2 Å². The summed E-state index contributed by atoms with van der Waals surface area (Å²) in [5.41, 5.74) is 1.26. The third kappa shape index (κ3) is 3.49. The second-order valence-corrected chi connectivity index (χ2v) is 4.80. The summed E-state index contributed by atoms with van der Waals surface area (Å²) in [7, 11) is 0. The van der Waals surface area contributed by atoms with Crippen LogP contribution in [0.1, 0.15) is 33.2 Å². The Labute approximate surface area is 127 Å². The summed E-state index contributed by atoms with van der Waals surface area (Å²) < 4.78 is 0. The molecule has 0 aromatic heterocycles. The lowest BCUT2D eigenvalue weighted by Gasteiger charge is -2.13. The zero-order valence-corrected chi connectivity index (χ0v) is 11.9. The summed E-state index contributed by atoms with van der Waals surface area (Å²) in [6, 6.07) is 13.3. The van der Waals surface area contributed by atoms with Crippen molar-refractivity contribution in [1.82, 2.24) is 5.32 Å². The summed E-state index contributed by atoms with van der Waals surface area (Å²) in [5.74, 6) is -0.565. The van der Waals surface area contributed by atoms with Gasteiger partial charge in [-0.1, -0.05) is 12.1 Å². The van der Waals surface area contributed by atoms with Gasteiger partial charge >= 0.3 is 0 Å². The molecule has 1 amide bonds. The van der Waals surface area contributed by atoms with E-state index in [-0.39, 0.29) is 11.5 Å². The molecule has 0 radical (unpaired) electrons. The average molecular weight is 294 g/mol. The van der Waals surface area contributed by atoms with E-state index in [0.717, 1.165) is 0 Å². The van der Waals surface area contributed by atoms with E-state index in [4.69, 9.17) is 5.26 Å². The maximum atomic E-state index is 12.2. The number of phenols is 1. The van der Waals surface area contributed by atoms with Crippen LogP contribution in [0.2, 0.25) is 0 Å². The van der Waals surface area contributed by atoms with E-state index < -0.39 is 11.9 Å². The van der Waals surface area contributed by atoms with E-state index in [2.05, 4.69) is 5.32 Å². The molecular formula is C17H14N2O3. The number of ketones is 1. The third-order valence-corrected chi connectivity index (χ3v) is 3.17. The van der Waals surface area contributed by atoms with Gasteiger partial charge in [-0.3, -0.25) is 9.59 Å². The Kier molecular flexibility index (Phi) is 4.54. The maximum Gasteiger partial charge on any atom is 0.251 e. The lowest BCUT2D eigenvalue weighted by Crippen LogP contribution is -2.38. The number of phenolic OH excluding ortho intramolecular Hbond substituents is 1. The summed E-state index contributed by atoms with van der Waals surface area (Å²) in [4.78, 5) is 24.2. The Morgan fingerprint density at radius 2 is 1.59 bits per heavy atom. The number of hydrogen-bond donors (Lipinski definition) is 2. The molecule has 1 atom stereocenters. The topological polar surface area (TPSA) is 90.2 Å². The number of carbonyl (C=O) groups excluding carboxylic acids is 2. The molecule has 0 aliphatic rings. The number of carbonyl (C=O) groups is 2. The normalized spacial score (nSPS) is 11.3. The first-order valence-electron chi connectivity index (χ1n) is 6.65. The van der Waals surface area contributed by atoms with E-state index in [9.17, 15) is 14.7 Å². The van der Waals surface area contributed by atoms with Gasteiger partial charge in [-0.15, -0.1) is 0 Å². The highest BCUT2D eigenvalue weighted by Gasteiger charge is 2.18. The van der Waals surface area contributed by atoms with Crippen molar-refractivity contribution in [2.45, 2.75) is 13.0 Å². The maximum absolute atomic E-state index is 12.2. The van der Waals surface area contributed by atoms with Crippen molar-refractivity contribution in [3.8, 4) is 11.8 Å². The SMILES string of the molecule is CC(NC(=O)c1ccc(O)cc1)C(=O)c1ccc(C#N)cc1. The molecule has 0 aliphatic carbocycles. The van der Waals surface area contributed by atoms with Gasteiger partial charge < -0.3 is 10.4 Å². The number of rotatable bonds is 4. The molecule has 2 N–H and O–H groups in total. The second-order valence-electron chi connectivity index (χ2n) is 4.80. The molecule has 0 bridgehead atoms. The van der Waals surface area contributed by atoms with Gasteiger partial charge in [-0.25, -0.2) is 0 Å². The zero-order valence-electron chi connectivity index (χ0n) is 11.9. The molecule has 0 spiro atoms. The van der Waals surface area contributed by atoms with Crippen LogP contribution in [0.25, 0.3) is 0 Å². The number of amides is 1. The second kappa shape index (κ2) is 6.55. The molecule has 0 saturated carbocycles. The fourth-order valence-corrected chi connectivity index (χ4v) is 1.92. The van der Waals surface area contributed by atoms with E-state index in [1.165, 1.54) is 24.3 Å². The number of Topliss-reactive ketones (excluding diaryl/α,β-unsaturated/α-hetero) is 1. The van der Waals surface area contributed by atoms with Gasteiger partial charge in [0.1, 0.15) is 5.75 Å². The number of benzene rings is 2. The smallest absolute Gasteiger partial charge is 0.251 e. The van der Waals surface area contributed by atoms with Crippen molar-refractivity contribution in [3.05, 3.63) is 65.2 Å². The first kappa shape index (κ1) is 15.3. The number of nitrogens with zero attached hydrogens (tertiary/aromatic N) is 1. The van der Waals surface area contributed by atoms with Gasteiger partial charge in [0.15, 0.2) is 5.78 Å². The van der Waals surface area contributed by atoms with Crippen molar-refractivity contribution in [2.75, 3.05) is 0 Å². The van der Waals surface area contributed by atoms with Gasteiger partial charge in [0.25, 0.3) is 5.91 Å². The monoisotopic (exact) mass is 294 g/mol. The summed E-state index contributed by atoms with van der Waals surface area (Å²) in [6.07, 6.45) is 0. The molecule has 0 aliphatic heterocycles. The molecule has 5 nitrogen and oxygen atoms in total. The Hall–Kier alpha value is -3.13. The molecule has 0 saturated heterocycles. The van der Waals surface area contributed by atoms with Crippen LogP contribution in [0.3, 0.4) is 0 Å². The zero-order chi connectivity index (χ0) is 16.1. The van der Waals surface area contributed by atoms with Crippen LogP contribution >= 0.6 is 0 Å². The van der Waals surface area contributed by atoms with Gasteiger partial charge in [0.05, 0.1) is 17.7 Å². The standard InChI is InChI=1S/C17H14N2O3/c1-11(16(21)13-4-2-12(10-18)3-5-13)19-17(22)14-6-8-15(20)9-7-14/h2-9,11,20H,1H3,(H,19,22). The molecule has 2 aromatic carbocycles. The highest BCUT2D eigenvalue weighted by molar-refractivity contribution is 6.04. The fraction of sp³-hybridized carbons (Fsp3) is 0.118.